The van der Waals surface area contributed by atoms with Crippen LogP contribution in [-0.4, -0.2) is 28.9 Å². The number of hydrogen-bond donors (Lipinski definition) is 1. The van der Waals surface area contributed by atoms with E-state index in [0.717, 1.165) is 23.2 Å². The Morgan fingerprint density at radius 3 is 2.45 bits per heavy atom. The second-order valence-electron chi connectivity index (χ2n) is 7.77. The van der Waals surface area contributed by atoms with E-state index in [1.165, 1.54) is 0 Å². The minimum atomic E-state index is -0.313. The number of nitrogens with zero attached hydrogens (tertiary/aromatic N) is 2. The standard InChI is InChI=1S/C26H22ClN3O3/c1-17-8-5-6-11-19(17)25-20(16-30(29-25)18-9-3-2-4-10-18)26(31)28-22-15-24-23(14-21(22)27)32-12-7-13-33-24/h2-6,8-11,14-16H,7,12-13H2,1H3,(H,28,31). The summed E-state index contributed by atoms with van der Waals surface area (Å²) in [5, 5.41) is 8.06. The highest BCUT2D eigenvalue weighted by Crippen LogP contribution is 2.38. The van der Waals surface area contributed by atoms with Crippen molar-refractivity contribution in [2.24, 2.45) is 0 Å². The Hall–Kier alpha value is -3.77. The Bertz CT molecular complexity index is 1320. The number of nitrogens with one attached hydrogen (secondary N) is 1. The van der Waals surface area contributed by atoms with Crippen molar-refractivity contribution in [3.05, 3.63) is 89.1 Å². The van der Waals surface area contributed by atoms with Crippen LogP contribution in [-0.2, 0) is 0 Å². The van der Waals surface area contributed by atoms with Gasteiger partial charge in [0, 0.05) is 30.3 Å². The monoisotopic (exact) mass is 459 g/mol. The molecule has 33 heavy (non-hydrogen) atoms. The van der Waals surface area contributed by atoms with Gasteiger partial charge in [-0.15, -0.1) is 0 Å². The van der Waals surface area contributed by atoms with E-state index >= 15 is 0 Å². The number of carbonyl (C=O) groups excluding carboxylic acids is 1. The lowest BCUT2D eigenvalue weighted by Gasteiger charge is -2.12. The molecule has 0 spiro atoms. The maximum absolute atomic E-state index is 13.5. The maximum atomic E-state index is 13.5. The van der Waals surface area contributed by atoms with Crippen molar-refractivity contribution < 1.29 is 14.3 Å². The minimum Gasteiger partial charge on any atom is -0.490 e. The minimum absolute atomic E-state index is 0.313. The summed E-state index contributed by atoms with van der Waals surface area (Å²) in [5.74, 6) is 0.825. The van der Waals surface area contributed by atoms with Gasteiger partial charge in [0.1, 0.15) is 5.69 Å². The number of amides is 1. The Balaban J connectivity index is 1.54. The van der Waals surface area contributed by atoms with Crippen LogP contribution in [0.2, 0.25) is 5.02 Å². The average molecular weight is 460 g/mol. The molecule has 1 aliphatic heterocycles. The molecule has 0 saturated carbocycles. The molecule has 5 rings (SSSR count). The van der Waals surface area contributed by atoms with Crippen LogP contribution in [0.15, 0.2) is 72.9 Å². The van der Waals surface area contributed by atoms with Gasteiger partial charge in [-0.3, -0.25) is 4.79 Å². The number of benzene rings is 3. The van der Waals surface area contributed by atoms with E-state index in [1.807, 2.05) is 61.5 Å². The number of halogens is 1. The number of rotatable bonds is 4. The lowest BCUT2D eigenvalue weighted by Crippen LogP contribution is -2.13. The zero-order chi connectivity index (χ0) is 22.8. The quantitative estimate of drug-likeness (QED) is 0.411. The van der Waals surface area contributed by atoms with E-state index in [0.29, 0.717) is 46.7 Å². The van der Waals surface area contributed by atoms with Crippen LogP contribution in [0.5, 0.6) is 11.5 Å². The first-order valence-electron chi connectivity index (χ1n) is 10.7. The smallest absolute Gasteiger partial charge is 0.259 e. The van der Waals surface area contributed by atoms with Crippen LogP contribution in [0, 0.1) is 6.92 Å². The molecule has 1 aliphatic rings. The van der Waals surface area contributed by atoms with Crippen molar-refractivity contribution in [2.75, 3.05) is 18.5 Å². The number of fused-ring (bicyclic) bond motifs is 1. The van der Waals surface area contributed by atoms with Gasteiger partial charge < -0.3 is 14.8 Å². The highest BCUT2D eigenvalue weighted by atomic mass is 35.5. The van der Waals surface area contributed by atoms with Gasteiger partial charge in [0.25, 0.3) is 5.91 Å². The predicted octanol–water partition coefficient (Wildman–Crippen LogP) is 5.91. The second-order valence-corrected chi connectivity index (χ2v) is 8.18. The van der Waals surface area contributed by atoms with Crippen LogP contribution in [0.3, 0.4) is 0 Å². The van der Waals surface area contributed by atoms with Crippen molar-refractivity contribution in [2.45, 2.75) is 13.3 Å². The van der Waals surface area contributed by atoms with Gasteiger partial charge in [-0.2, -0.15) is 5.10 Å². The fourth-order valence-electron chi connectivity index (χ4n) is 3.76. The summed E-state index contributed by atoms with van der Waals surface area (Å²) in [7, 11) is 0. The molecule has 6 nitrogen and oxygen atoms in total. The third kappa shape index (κ3) is 4.30. The van der Waals surface area contributed by atoms with Gasteiger partial charge in [-0.25, -0.2) is 4.68 Å². The summed E-state index contributed by atoms with van der Waals surface area (Å²) < 4.78 is 13.1. The summed E-state index contributed by atoms with van der Waals surface area (Å²) in [6.07, 6.45) is 2.52. The molecule has 4 aromatic rings. The number of para-hydroxylation sites is 1. The van der Waals surface area contributed by atoms with Gasteiger partial charge >= 0.3 is 0 Å². The molecule has 0 aliphatic carbocycles. The number of aromatic nitrogens is 2. The van der Waals surface area contributed by atoms with Crippen LogP contribution < -0.4 is 14.8 Å². The van der Waals surface area contributed by atoms with Crippen molar-refractivity contribution in [3.63, 3.8) is 0 Å². The van der Waals surface area contributed by atoms with Crippen molar-refractivity contribution in [3.8, 4) is 28.4 Å². The Kier molecular flexibility index (Phi) is 5.75. The number of hydrogen-bond acceptors (Lipinski definition) is 4. The highest BCUT2D eigenvalue weighted by molar-refractivity contribution is 6.34. The molecule has 7 heteroatoms. The molecule has 1 aromatic heterocycles. The average Bonchev–Trinajstić information content (AvgIpc) is 3.15. The van der Waals surface area contributed by atoms with Gasteiger partial charge in [0.2, 0.25) is 0 Å². The van der Waals surface area contributed by atoms with Crippen LogP contribution in [0.25, 0.3) is 16.9 Å². The first-order valence-corrected chi connectivity index (χ1v) is 11.1. The Morgan fingerprint density at radius 1 is 1.00 bits per heavy atom. The van der Waals surface area contributed by atoms with E-state index in [2.05, 4.69) is 5.32 Å². The molecule has 0 saturated heterocycles. The third-order valence-corrected chi connectivity index (χ3v) is 5.78. The number of aryl methyl sites for hydroxylation is 1. The maximum Gasteiger partial charge on any atom is 0.259 e. The first kappa shape index (κ1) is 21.1. The van der Waals surface area contributed by atoms with Gasteiger partial charge in [0.15, 0.2) is 11.5 Å². The van der Waals surface area contributed by atoms with Crippen molar-refractivity contribution in [1.29, 1.82) is 0 Å². The molecule has 0 radical (unpaired) electrons. The molecule has 1 N–H and O–H groups in total. The van der Waals surface area contributed by atoms with Gasteiger partial charge in [-0.1, -0.05) is 54.1 Å². The molecule has 0 bridgehead atoms. The number of anilines is 1. The number of carbonyl (C=O) groups is 1. The van der Waals surface area contributed by atoms with Crippen molar-refractivity contribution >= 4 is 23.2 Å². The molecular formula is C26H22ClN3O3. The van der Waals surface area contributed by atoms with Crippen LogP contribution >= 0.6 is 11.6 Å². The fourth-order valence-corrected chi connectivity index (χ4v) is 3.96. The Labute approximate surface area is 196 Å². The zero-order valence-electron chi connectivity index (χ0n) is 18.0. The lowest BCUT2D eigenvalue weighted by molar-refractivity contribution is 0.102. The fraction of sp³-hybridized carbons (Fsp3) is 0.154. The van der Waals surface area contributed by atoms with E-state index < -0.39 is 0 Å². The molecule has 3 aromatic carbocycles. The molecule has 1 amide bonds. The van der Waals surface area contributed by atoms with Crippen LogP contribution in [0.4, 0.5) is 5.69 Å². The lowest BCUT2D eigenvalue weighted by atomic mass is 10.0. The molecule has 166 valence electrons. The van der Waals surface area contributed by atoms with Crippen LogP contribution in [0.1, 0.15) is 22.3 Å². The normalized spacial score (nSPS) is 12.8. The van der Waals surface area contributed by atoms with Gasteiger partial charge in [0.05, 0.1) is 35.2 Å². The molecule has 2 heterocycles. The summed E-state index contributed by atoms with van der Waals surface area (Å²) >= 11 is 6.46. The van der Waals surface area contributed by atoms with Crippen molar-refractivity contribution in [1.82, 2.24) is 9.78 Å². The zero-order valence-corrected chi connectivity index (χ0v) is 18.8. The molecule has 0 atom stereocenters. The number of ether oxygens (including phenoxy) is 2. The Morgan fingerprint density at radius 2 is 1.70 bits per heavy atom. The van der Waals surface area contributed by atoms with E-state index in [9.17, 15) is 4.79 Å². The second kappa shape index (κ2) is 9.00. The summed E-state index contributed by atoms with van der Waals surface area (Å²) in [6, 6.07) is 20.9. The third-order valence-electron chi connectivity index (χ3n) is 5.47. The van der Waals surface area contributed by atoms with Gasteiger partial charge in [-0.05, 0) is 24.6 Å². The first-order chi connectivity index (χ1) is 16.1. The summed E-state index contributed by atoms with van der Waals surface area (Å²) in [6.45, 7) is 3.11. The summed E-state index contributed by atoms with van der Waals surface area (Å²) in [4.78, 5) is 13.5. The molecular weight excluding hydrogens is 438 g/mol. The van der Waals surface area contributed by atoms with E-state index in [4.69, 9.17) is 26.2 Å². The van der Waals surface area contributed by atoms with E-state index in [1.54, 1.807) is 23.0 Å². The SMILES string of the molecule is Cc1ccccc1-c1nn(-c2ccccc2)cc1C(=O)Nc1cc2c(cc1Cl)OCCCO2. The molecule has 0 fully saturated rings. The summed E-state index contributed by atoms with van der Waals surface area (Å²) in [5.41, 5.74) is 4.27. The highest BCUT2D eigenvalue weighted by Gasteiger charge is 2.22. The van der Waals surface area contributed by atoms with E-state index in [-0.39, 0.29) is 5.91 Å². The topological polar surface area (TPSA) is 65.4 Å². The molecule has 0 unspecified atom stereocenters. The largest absolute Gasteiger partial charge is 0.490 e. The predicted molar refractivity (Wildman–Crippen MR) is 129 cm³/mol.